The Balaban J connectivity index is 2.16. The van der Waals surface area contributed by atoms with Crippen molar-refractivity contribution in [2.75, 3.05) is 19.8 Å². The first-order valence-electron chi connectivity index (χ1n) is 5.28. The molecule has 0 aliphatic carbocycles. The maximum atomic E-state index is 8.45. The fourth-order valence-electron chi connectivity index (χ4n) is 1.68. The van der Waals surface area contributed by atoms with E-state index in [1.54, 1.807) is 0 Å². The van der Waals surface area contributed by atoms with Gasteiger partial charge in [-0.3, -0.25) is 0 Å². The molecule has 0 radical (unpaired) electrons. The van der Waals surface area contributed by atoms with Crippen LogP contribution in [0.2, 0.25) is 0 Å². The number of hydrogen-bond acceptors (Lipinski definition) is 4. The molecule has 1 heterocycles. The van der Waals surface area contributed by atoms with Gasteiger partial charge in [-0.1, -0.05) is 0 Å². The average Bonchev–Trinajstić information content (AvgIpc) is 2.30. The van der Waals surface area contributed by atoms with Crippen LogP contribution in [0.4, 0.5) is 0 Å². The Hall–Kier alpha value is -1.73. The van der Waals surface area contributed by atoms with Gasteiger partial charge < -0.3 is 14.8 Å². The highest BCUT2D eigenvalue weighted by Crippen LogP contribution is 2.32. The number of nitrogens with zero attached hydrogens (tertiary/aromatic N) is 1. The maximum Gasteiger partial charge on any atom is 0.161 e. The van der Waals surface area contributed by atoms with Crippen LogP contribution < -0.4 is 14.8 Å². The molecule has 0 atom stereocenters. The van der Waals surface area contributed by atoms with Crippen molar-refractivity contribution in [2.45, 2.75) is 13.5 Å². The minimum absolute atomic E-state index is 0.355. The quantitative estimate of drug-likeness (QED) is 0.615. The van der Waals surface area contributed by atoms with Crippen LogP contribution in [0, 0.1) is 18.3 Å². The second-order valence-corrected chi connectivity index (χ2v) is 3.68. The molecule has 16 heavy (non-hydrogen) atoms. The zero-order valence-electron chi connectivity index (χ0n) is 9.25. The third-order valence-electron chi connectivity index (χ3n) is 2.52. The van der Waals surface area contributed by atoms with Gasteiger partial charge >= 0.3 is 0 Å². The van der Waals surface area contributed by atoms with Gasteiger partial charge in [-0.25, -0.2) is 0 Å². The lowest BCUT2D eigenvalue weighted by molar-refractivity contribution is 0.171. The normalized spacial score (nSPS) is 13.2. The molecule has 0 unspecified atom stereocenters. The van der Waals surface area contributed by atoms with Crippen molar-refractivity contribution in [3.8, 4) is 17.6 Å². The standard InChI is InChI=1S/C12H14N2O2/c1-9-6-11-12(16-5-4-15-11)7-10(9)8-14-3-2-13/h6-7,14H,3-5,8H2,1H3. The largest absolute Gasteiger partial charge is 0.486 e. The van der Waals surface area contributed by atoms with Crippen LogP contribution in [0.25, 0.3) is 0 Å². The molecule has 1 aromatic carbocycles. The number of rotatable bonds is 3. The van der Waals surface area contributed by atoms with E-state index in [0.29, 0.717) is 26.3 Å². The van der Waals surface area contributed by atoms with E-state index in [1.807, 2.05) is 19.1 Å². The highest BCUT2D eigenvalue weighted by Gasteiger charge is 2.13. The van der Waals surface area contributed by atoms with E-state index in [2.05, 4.69) is 11.4 Å². The minimum Gasteiger partial charge on any atom is -0.486 e. The van der Waals surface area contributed by atoms with E-state index < -0.39 is 0 Å². The monoisotopic (exact) mass is 218 g/mol. The van der Waals surface area contributed by atoms with Crippen molar-refractivity contribution >= 4 is 0 Å². The van der Waals surface area contributed by atoms with Crippen LogP contribution in [0.15, 0.2) is 12.1 Å². The second kappa shape index (κ2) is 4.86. The number of nitrogens with one attached hydrogen (secondary N) is 1. The van der Waals surface area contributed by atoms with E-state index in [9.17, 15) is 0 Å². The summed E-state index contributed by atoms with van der Waals surface area (Å²) < 4.78 is 11.0. The molecule has 0 saturated heterocycles. The van der Waals surface area contributed by atoms with Crippen LogP contribution in [0.1, 0.15) is 11.1 Å². The zero-order valence-corrected chi connectivity index (χ0v) is 9.25. The van der Waals surface area contributed by atoms with Crippen LogP contribution >= 0.6 is 0 Å². The molecule has 0 saturated carbocycles. The number of hydrogen-bond donors (Lipinski definition) is 1. The SMILES string of the molecule is Cc1cc2c(cc1CNCC#N)OCCO2. The predicted molar refractivity (Wildman–Crippen MR) is 59.5 cm³/mol. The van der Waals surface area contributed by atoms with Crippen LogP contribution in [-0.4, -0.2) is 19.8 Å². The third kappa shape index (κ3) is 2.26. The molecule has 0 fully saturated rings. The molecule has 1 aromatic rings. The maximum absolute atomic E-state index is 8.45. The Labute approximate surface area is 94.8 Å². The fraction of sp³-hybridized carbons (Fsp3) is 0.417. The van der Waals surface area contributed by atoms with Gasteiger partial charge in [-0.05, 0) is 30.2 Å². The molecule has 1 aliphatic rings. The van der Waals surface area contributed by atoms with Gasteiger partial charge in [0, 0.05) is 6.54 Å². The lowest BCUT2D eigenvalue weighted by Gasteiger charge is -2.20. The molecule has 2 rings (SSSR count). The number of nitriles is 1. The first-order chi connectivity index (χ1) is 7.81. The Bertz CT molecular complexity index is 424. The third-order valence-corrected chi connectivity index (χ3v) is 2.52. The summed E-state index contributed by atoms with van der Waals surface area (Å²) in [6.45, 7) is 4.27. The molecular formula is C12H14N2O2. The van der Waals surface area contributed by atoms with E-state index in [-0.39, 0.29) is 0 Å². The van der Waals surface area contributed by atoms with Gasteiger partial charge in [-0.15, -0.1) is 0 Å². The van der Waals surface area contributed by atoms with Gasteiger partial charge in [0.15, 0.2) is 11.5 Å². The lowest BCUT2D eigenvalue weighted by atomic mass is 10.1. The van der Waals surface area contributed by atoms with Crippen LogP contribution in [0.3, 0.4) is 0 Å². The zero-order chi connectivity index (χ0) is 11.4. The molecule has 1 N–H and O–H groups in total. The van der Waals surface area contributed by atoms with E-state index >= 15 is 0 Å². The van der Waals surface area contributed by atoms with Crippen molar-refractivity contribution < 1.29 is 9.47 Å². The van der Waals surface area contributed by atoms with Crippen molar-refractivity contribution in [1.82, 2.24) is 5.32 Å². The van der Waals surface area contributed by atoms with E-state index in [1.165, 1.54) is 0 Å². The number of aryl methyl sites for hydroxylation is 1. The molecular weight excluding hydrogens is 204 g/mol. The van der Waals surface area contributed by atoms with E-state index in [4.69, 9.17) is 14.7 Å². The van der Waals surface area contributed by atoms with Gasteiger partial charge in [0.2, 0.25) is 0 Å². The number of fused-ring (bicyclic) bond motifs is 1. The summed E-state index contributed by atoms with van der Waals surface area (Å²) >= 11 is 0. The van der Waals surface area contributed by atoms with Gasteiger partial charge in [-0.2, -0.15) is 5.26 Å². The summed E-state index contributed by atoms with van der Waals surface area (Å²) in [6.07, 6.45) is 0. The van der Waals surface area contributed by atoms with Crippen molar-refractivity contribution in [3.05, 3.63) is 23.3 Å². The highest BCUT2D eigenvalue weighted by molar-refractivity contribution is 5.47. The van der Waals surface area contributed by atoms with Crippen molar-refractivity contribution in [2.24, 2.45) is 0 Å². The van der Waals surface area contributed by atoms with Crippen LogP contribution in [0.5, 0.6) is 11.5 Å². The molecule has 1 aliphatic heterocycles. The van der Waals surface area contributed by atoms with Gasteiger partial charge in [0.05, 0.1) is 12.6 Å². The molecule has 84 valence electrons. The van der Waals surface area contributed by atoms with Crippen LogP contribution in [-0.2, 0) is 6.54 Å². The Kier molecular flexibility index (Phi) is 3.28. The molecule has 0 amide bonds. The van der Waals surface area contributed by atoms with E-state index in [0.717, 1.165) is 22.6 Å². The summed E-state index contributed by atoms with van der Waals surface area (Å²) in [7, 11) is 0. The summed E-state index contributed by atoms with van der Waals surface area (Å²) in [5.74, 6) is 1.61. The highest BCUT2D eigenvalue weighted by atomic mass is 16.6. The lowest BCUT2D eigenvalue weighted by Crippen LogP contribution is -2.17. The fourth-order valence-corrected chi connectivity index (χ4v) is 1.68. The summed E-state index contributed by atoms with van der Waals surface area (Å²) in [5, 5.41) is 11.5. The minimum atomic E-state index is 0.355. The first-order valence-corrected chi connectivity index (χ1v) is 5.28. The summed E-state index contributed by atoms with van der Waals surface area (Å²) in [6, 6.07) is 6.02. The van der Waals surface area contributed by atoms with Crippen molar-refractivity contribution in [3.63, 3.8) is 0 Å². The van der Waals surface area contributed by atoms with Crippen molar-refractivity contribution in [1.29, 1.82) is 5.26 Å². The second-order valence-electron chi connectivity index (χ2n) is 3.68. The summed E-state index contributed by atoms with van der Waals surface area (Å²) in [4.78, 5) is 0. The smallest absolute Gasteiger partial charge is 0.161 e. The van der Waals surface area contributed by atoms with Gasteiger partial charge in [0.1, 0.15) is 13.2 Å². The topological polar surface area (TPSA) is 54.3 Å². The van der Waals surface area contributed by atoms with Gasteiger partial charge in [0.25, 0.3) is 0 Å². The summed E-state index contributed by atoms with van der Waals surface area (Å²) in [5.41, 5.74) is 2.29. The number of benzene rings is 1. The Morgan fingerprint density at radius 2 is 2.00 bits per heavy atom. The molecule has 4 heteroatoms. The molecule has 0 bridgehead atoms. The Morgan fingerprint density at radius 1 is 1.31 bits per heavy atom. The first kappa shape index (κ1) is 10.8. The Morgan fingerprint density at radius 3 is 2.69 bits per heavy atom. The average molecular weight is 218 g/mol. The predicted octanol–water partition coefficient (Wildman–Crippen LogP) is 1.38. The molecule has 0 spiro atoms. The molecule has 4 nitrogen and oxygen atoms in total. The molecule has 0 aromatic heterocycles. The number of ether oxygens (including phenoxy) is 2.